The first kappa shape index (κ1) is 37.7. The number of benzene rings is 2. The van der Waals surface area contributed by atoms with Crippen molar-refractivity contribution in [2.75, 3.05) is 60.9 Å². The van der Waals surface area contributed by atoms with Crippen LogP contribution in [0.4, 0.5) is 23.0 Å². The number of pyridine rings is 1. The molecule has 5 aromatic rings. The van der Waals surface area contributed by atoms with Gasteiger partial charge < -0.3 is 15.1 Å². The Morgan fingerprint density at radius 2 is 1.55 bits per heavy atom. The molecule has 13 heteroatoms. The van der Waals surface area contributed by atoms with Gasteiger partial charge in [0, 0.05) is 87.1 Å². The number of nitrogens with one attached hydrogen (secondary N) is 2. The molecule has 2 atom stereocenters. The molecule has 2 unspecified atom stereocenters. The molecule has 3 fully saturated rings. The van der Waals surface area contributed by atoms with E-state index in [1.807, 2.05) is 10.7 Å². The first-order chi connectivity index (χ1) is 28.3. The fourth-order valence-electron chi connectivity index (χ4n) is 9.39. The van der Waals surface area contributed by atoms with Gasteiger partial charge in [-0.15, -0.1) is 6.58 Å². The van der Waals surface area contributed by atoms with Crippen molar-refractivity contribution in [3.63, 3.8) is 0 Å². The van der Waals surface area contributed by atoms with E-state index >= 15 is 0 Å². The van der Waals surface area contributed by atoms with E-state index in [1.165, 1.54) is 29.8 Å². The van der Waals surface area contributed by atoms with Crippen molar-refractivity contribution < 1.29 is 9.59 Å². The fourth-order valence-corrected chi connectivity index (χ4v) is 9.39. The van der Waals surface area contributed by atoms with Crippen LogP contribution in [0.15, 0.2) is 84.3 Å². The van der Waals surface area contributed by atoms with E-state index in [2.05, 4.69) is 98.4 Å². The second-order valence-corrected chi connectivity index (χ2v) is 16.3. The number of rotatable bonds is 11. The van der Waals surface area contributed by atoms with Crippen LogP contribution in [0.1, 0.15) is 74.1 Å². The minimum atomic E-state index is -0.240. The fraction of sp³-hybridized carbons (Fsp3) is 0.422. The van der Waals surface area contributed by atoms with E-state index in [0.717, 1.165) is 82.0 Å². The van der Waals surface area contributed by atoms with E-state index < -0.39 is 0 Å². The zero-order chi connectivity index (χ0) is 39.8. The molecule has 3 saturated heterocycles. The summed E-state index contributed by atoms with van der Waals surface area (Å²) in [6.07, 6.45) is 9.82. The Balaban J connectivity index is 0.787. The van der Waals surface area contributed by atoms with Gasteiger partial charge in [0.05, 0.1) is 12.5 Å². The molecule has 9 rings (SSSR count). The summed E-state index contributed by atoms with van der Waals surface area (Å²) in [7, 11) is 0. The van der Waals surface area contributed by atoms with Crippen molar-refractivity contribution in [1.29, 1.82) is 0 Å². The molecule has 300 valence electrons. The number of aryl methyl sites for hydroxylation is 1. The van der Waals surface area contributed by atoms with Gasteiger partial charge in [-0.2, -0.15) is 4.98 Å². The number of aromatic nitrogens is 5. The average Bonchev–Trinajstić information content (AvgIpc) is 3.79. The van der Waals surface area contributed by atoms with Crippen molar-refractivity contribution in [2.24, 2.45) is 5.92 Å². The number of carbonyl (C=O) groups is 2. The summed E-state index contributed by atoms with van der Waals surface area (Å²) in [6, 6.07) is 20.9. The van der Waals surface area contributed by atoms with Crippen LogP contribution in [0.3, 0.4) is 0 Å². The van der Waals surface area contributed by atoms with Gasteiger partial charge in [0.2, 0.25) is 17.8 Å². The molecule has 2 amide bonds. The molecule has 6 heterocycles. The molecule has 13 nitrogen and oxygen atoms in total. The molecule has 2 N–H and O–H groups in total. The maximum Gasteiger partial charge on any atom is 0.278 e. The predicted octanol–water partition coefficient (Wildman–Crippen LogP) is 5.91. The van der Waals surface area contributed by atoms with Gasteiger partial charge in [-0.1, -0.05) is 31.2 Å². The minimum Gasteiger partial charge on any atom is -0.372 e. The van der Waals surface area contributed by atoms with Gasteiger partial charge in [0.15, 0.2) is 11.5 Å². The lowest BCUT2D eigenvalue weighted by molar-refractivity contribution is -0.134. The van der Waals surface area contributed by atoms with Gasteiger partial charge >= 0.3 is 0 Å². The van der Waals surface area contributed by atoms with E-state index in [4.69, 9.17) is 9.97 Å². The van der Waals surface area contributed by atoms with Gasteiger partial charge in [-0.3, -0.25) is 24.6 Å². The lowest BCUT2D eigenvalue weighted by Gasteiger charge is -2.40. The summed E-state index contributed by atoms with van der Waals surface area (Å²) in [4.78, 5) is 59.4. The van der Waals surface area contributed by atoms with Crippen molar-refractivity contribution >= 4 is 45.9 Å². The molecule has 3 aromatic heterocycles. The van der Waals surface area contributed by atoms with Crippen LogP contribution in [0.25, 0.3) is 16.9 Å². The number of carbonyl (C=O) groups excluding carboxylic acids is 2. The first-order valence-corrected chi connectivity index (χ1v) is 21.0. The van der Waals surface area contributed by atoms with Gasteiger partial charge in [0.1, 0.15) is 5.39 Å². The van der Waals surface area contributed by atoms with Crippen LogP contribution in [-0.2, 0) is 22.6 Å². The standard InChI is InChI=1S/C45H52N10O3/c1-3-21-54-44(58)38-28-46-45(50-42(38)55(54)39-17-9-33-6-5-31(4-2)41(33)48-39)47-34-10-14-36(15-11-34)53-26-24-51(25-27-53)29-30-19-22-52(23-20-30)35-12-7-32(8-13-35)37-16-18-40(56)49-43(37)57/h3,7-15,17,28,30-31,37H,1,4-6,16,18-27,29H2,2H3,(H,46,47,50)(H,49,56,57). The maximum absolute atomic E-state index is 13.5. The van der Waals surface area contributed by atoms with E-state index in [1.54, 1.807) is 17.0 Å². The highest BCUT2D eigenvalue weighted by atomic mass is 16.2. The Bertz CT molecular complexity index is 2370. The topological polar surface area (TPSA) is 134 Å². The van der Waals surface area contributed by atoms with Crippen molar-refractivity contribution in [3.8, 4) is 5.82 Å². The van der Waals surface area contributed by atoms with Crippen molar-refractivity contribution in [2.45, 2.75) is 70.3 Å². The highest BCUT2D eigenvalue weighted by Gasteiger charge is 2.29. The Labute approximate surface area is 338 Å². The molecule has 1 aliphatic carbocycles. The van der Waals surface area contributed by atoms with Gasteiger partial charge in [-0.05, 0) is 98.0 Å². The lowest BCUT2D eigenvalue weighted by atomic mass is 9.90. The molecule has 58 heavy (non-hydrogen) atoms. The summed E-state index contributed by atoms with van der Waals surface area (Å²) < 4.78 is 3.45. The highest BCUT2D eigenvalue weighted by molar-refractivity contribution is 6.01. The summed E-state index contributed by atoms with van der Waals surface area (Å²) in [5, 5.41) is 6.28. The van der Waals surface area contributed by atoms with Crippen LogP contribution >= 0.6 is 0 Å². The van der Waals surface area contributed by atoms with Crippen molar-refractivity contribution in [1.82, 2.24) is 34.5 Å². The summed E-state index contributed by atoms with van der Waals surface area (Å²) in [5.41, 5.74) is 7.02. The van der Waals surface area contributed by atoms with Crippen LogP contribution in [0, 0.1) is 5.92 Å². The Morgan fingerprint density at radius 1 is 0.828 bits per heavy atom. The molecule has 4 aliphatic rings. The Kier molecular flexibility index (Phi) is 10.5. The molecule has 3 aliphatic heterocycles. The predicted molar refractivity (Wildman–Crippen MR) is 227 cm³/mol. The quantitative estimate of drug-likeness (QED) is 0.123. The number of allylic oxidation sites excluding steroid dienone is 1. The number of hydrogen-bond donors (Lipinski definition) is 2. The first-order valence-electron chi connectivity index (χ1n) is 21.0. The van der Waals surface area contributed by atoms with E-state index in [-0.39, 0.29) is 23.3 Å². The Morgan fingerprint density at radius 3 is 2.26 bits per heavy atom. The zero-order valence-corrected chi connectivity index (χ0v) is 33.3. The summed E-state index contributed by atoms with van der Waals surface area (Å²) in [5.74, 6) is 1.61. The molecule has 0 saturated carbocycles. The molecule has 0 radical (unpaired) electrons. The average molecular weight is 781 g/mol. The van der Waals surface area contributed by atoms with E-state index in [9.17, 15) is 14.4 Å². The normalized spacial score (nSPS) is 20.4. The Hall–Kier alpha value is -5.82. The maximum atomic E-state index is 13.5. The second-order valence-electron chi connectivity index (χ2n) is 16.3. The molecular weight excluding hydrogens is 729 g/mol. The van der Waals surface area contributed by atoms with E-state index in [0.29, 0.717) is 54.0 Å². The minimum absolute atomic E-state index is 0.168. The number of amides is 2. The van der Waals surface area contributed by atoms with Gasteiger partial charge in [0.25, 0.3) is 5.56 Å². The molecule has 2 aromatic carbocycles. The summed E-state index contributed by atoms with van der Waals surface area (Å²) in [6.45, 7) is 13.7. The van der Waals surface area contributed by atoms with Crippen LogP contribution in [0.5, 0.6) is 0 Å². The van der Waals surface area contributed by atoms with Crippen molar-refractivity contribution in [3.05, 3.63) is 107 Å². The molecule has 0 bridgehead atoms. The number of hydrogen-bond acceptors (Lipinski definition) is 10. The zero-order valence-electron chi connectivity index (χ0n) is 33.3. The summed E-state index contributed by atoms with van der Waals surface area (Å²) >= 11 is 0. The lowest BCUT2D eigenvalue weighted by Crippen LogP contribution is -2.49. The number of piperidine rings is 2. The molecule has 0 spiro atoms. The SMILES string of the molecule is C=CCn1c(=O)c2cnc(Nc3ccc(N4CCN(CC5CCN(c6ccc(C7CCC(=O)NC7=O)cc6)CC5)CC4)cc3)nc2n1-c1ccc2c(n1)C(CC)CC2. The van der Waals surface area contributed by atoms with Gasteiger partial charge in [-0.25, -0.2) is 19.3 Å². The largest absolute Gasteiger partial charge is 0.372 e. The monoisotopic (exact) mass is 780 g/mol. The third-order valence-electron chi connectivity index (χ3n) is 12.7. The number of imide groups is 1. The highest BCUT2D eigenvalue weighted by Crippen LogP contribution is 2.35. The van der Waals surface area contributed by atoms with Crippen LogP contribution in [0.2, 0.25) is 0 Å². The number of fused-ring (bicyclic) bond motifs is 2. The van der Waals surface area contributed by atoms with Crippen LogP contribution < -0.4 is 26.0 Å². The third kappa shape index (κ3) is 7.50. The molecular formula is C45H52N10O3. The number of anilines is 4. The third-order valence-corrected chi connectivity index (χ3v) is 12.7. The number of piperazine rings is 1. The van der Waals surface area contributed by atoms with Crippen LogP contribution in [-0.4, -0.2) is 86.8 Å². The smallest absolute Gasteiger partial charge is 0.278 e. The second kappa shape index (κ2) is 16.2. The number of nitrogens with zero attached hydrogens (tertiary/aromatic N) is 8.